The first-order valence-corrected chi connectivity index (χ1v) is 9.00. The van der Waals surface area contributed by atoms with Crippen molar-refractivity contribution >= 4 is 27.6 Å². The minimum absolute atomic E-state index is 0.0518. The van der Waals surface area contributed by atoms with Crippen LogP contribution in [-0.4, -0.2) is 31.9 Å². The number of aromatic amines is 1. The summed E-state index contributed by atoms with van der Waals surface area (Å²) >= 11 is 0. The second-order valence-corrected chi connectivity index (χ2v) is 6.93. The highest BCUT2D eigenvalue weighted by atomic mass is 32.2. The average molecular weight is 365 g/mol. The fourth-order valence-corrected chi connectivity index (χ4v) is 2.93. The van der Waals surface area contributed by atoms with Crippen LogP contribution in [0.4, 0.5) is 5.69 Å². The predicted octanol–water partition coefficient (Wildman–Crippen LogP) is 1.71. The molecule has 0 fully saturated rings. The topological polar surface area (TPSA) is 131 Å². The first-order chi connectivity index (χ1) is 11.6. The van der Waals surface area contributed by atoms with Crippen LogP contribution in [-0.2, 0) is 14.8 Å². The standard InChI is InChI=1S/C16H19N3O5S/c1-4-24-16(21)14-9(2)13(10(3)18-14)15(20)19-11-5-7-12(8-6-11)25(17,22)23/h5-8,18H,4H2,1-3H3,(H,19,20)(H2,17,22,23). The van der Waals surface area contributed by atoms with Gasteiger partial charge in [0.05, 0.1) is 17.1 Å². The Morgan fingerprint density at radius 2 is 1.80 bits per heavy atom. The minimum Gasteiger partial charge on any atom is -0.461 e. The number of carbonyl (C=O) groups excluding carboxylic acids is 2. The van der Waals surface area contributed by atoms with Gasteiger partial charge in [0.2, 0.25) is 10.0 Å². The highest BCUT2D eigenvalue weighted by molar-refractivity contribution is 7.89. The summed E-state index contributed by atoms with van der Waals surface area (Å²) in [7, 11) is -3.79. The number of carbonyl (C=O) groups is 2. The molecule has 0 saturated heterocycles. The van der Waals surface area contributed by atoms with E-state index in [1.807, 2.05) is 0 Å². The number of primary sulfonamides is 1. The molecule has 4 N–H and O–H groups in total. The van der Waals surface area contributed by atoms with E-state index in [4.69, 9.17) is 9.88 Å². The number of aromatic nitrogens is 1. The van der Waals surface area contributed by atoms with Gasteiger partial charge in [-0.3, -0.25) is 4.79 Å². The zero-order chi connectivity index (χ0) is 18.8. The zero-order valence-electron chi connectivity index (χ0n) is 14.0. The van der Waals surface area contributed by atoms with Gasteiger partial charge in [-0.15, -0.1) is 0 Å². The number of nitrogens with two attached hydrogens (primary N) is 1. The van der Waals surface area contributed by atoms with Crippen molar-refractivity contribution in [2.75, 3.05) is 11.9 Å². The van der Waals surface area contributed by atoms with Gasteiger partial charge >= 0.3 is 5.97 Å². The van der Waals surface area contributed by atoms with Gasteiger partial charge in [0.25, 0.3) is 5.91 Å². The number of ether oxygens (including phenoxy) is 1. The van der Waals surface area contributed by atoms with E-state index in [9.17, 15) is 18.0 Å². The van der Waals surface area contributed by atoms with Crippen LogP contribution in [0.25, 0.3) is 0 Å². The summed E-state index contributed by atoms with van der Waals surface area (Å²) in [5.41, 5.74) is 1.97. The van der Waals surface area contributed by atoms with Crippen molar-refractivity contribution in [2.45, 2.75) is 25.7 Å². The number of nitrogens with one attached hydrogen (secondary N) is 2. The monoisotopic (exact) mass is 365 g/mol. The number of esters is 1. The molecule has 0 radical (unpaired) electrons. The summed E-state index contributed by atoms with van der Waals surface area (Å²) in [6.07, 6.45) is 0. The Bertz CT molecular complexity index is 914. The Kier molecular flexibility index (Phi) is 5.29. The van der Waals surface area contributed by atoms with E-state index < -0.39 is 21.9 Å². The van der Waals surface area contributed by atoms with Crippen molar-refractivity contribution in [3.05, 3.63) is 46.8 Å². The van der Waals surface area contributed by atoms with Crippen LogP contribution in [0, 0.1) is 13.8 Å². The Balaban J connectivity index is 2.25. The van der Waals surface area contributed by atoms with Crippen LogP contribution in [0.1, 0.15) is 39.0 Å². The maximum atomic E-state index is 12.5. The SMILES string of the molecule is CCOC(=O)c1[nH]c(C)c(C(=O)Nc2ccc(S(N)(=O)=O)cc2)c1C. The second kappa shape index (κ2) is 7.08. The van der Waals surface area contributed by atoms with Crippen molar-refractivity contribution in [3.63, 3.8) is 0 Å². The van der Waals surface area contributed by atoms with E-state index in [-0.39, 0.29) is 17.2 Å². The second-order valence-electron chi connectivity index (χ2n) is 5.37. The molecule has 0 unspecified atom stereocenters. The number of H-pyrrole nitrogens is 1. The Morgan fingerprint density at radius 3 is 2.32 bits per heavy atom. The van der Waals surface area contributed by atoms with Crippen LogP contribution in [0.5, 0.6) is 0 Å². The van der Waals surface area contributed by atoms with Gasteiger partial charge in [0.1, 0.15) is 5.69 Å². The molecule has 134 valence electrons. The van der Waals surface area contributed by atoms with Gasteiger partial charge in [-0.2, -0.15) is 0 Å². The van der Waals surface area contributed by atoms with Crippen molar-refractivity contribution in [2.24, 2.45) is 5.14 Å². The van der Waals surface area contributed by atoms with Crippen LogP contribution in [0.3, 0.4) is 0 Å². The maximum absolute atomic E-state index is 12.5. The summed E-state index contributed by atoms with van der Waals surface area (Å²) in [6.45, 7) is 5.25. The van der Waals surface area contributed by atoms with Crippen LogP contribution < -0.4 is 10.5 Å². The van der Waals surface area contributed by atoms with Gasteiger partial charge < -0.3 is 15.0 Å². The third-order valence-electron chi connectivity index (χ3n) is 3.58. The van der Waals surface area contributed by atoms with Crippen molar-refractivity contribution in [3.8, 4) is 0 Å². The van der Waals surface area contributed by atoms with Crippen molar-refractivity contribution in [1.82, 2.24) is 4.98 Å². The number of anilines is 1. The van der Waals surface area contributed by atoms with E-state index in [1.165, 1.54) is 24.3 Å². The number of hydrogen-bond donors (Lipinski definition) is 3. The van der Waals surface area contributed by atoms with Gasteiger partial charge in [-0.1, -0.05) is 0 Å². The molecule has 0 aliphatic heterocycles. The molecule has 1 aromatic carbocycles. The fraction of sp³-hybridized carbons (Fsp3) is 0.250. The Hall–Kier alpha value is -2.65. The molecule has 1 heterocycles. The lowest BCUT2D eigenvalue weighted by Crippen LogP contribution is -2.15. The molecule has 0 saturated carbocycles. The van der Waals surface area contributed by atoms with E-state index in [1.54, 1.807) is 20.8 Å². The smallest absolute Gasteiger partial charge is 0.355 e. The van der Waals surface area contributed by atoms with Crippen LogP contribution in [0.2, 0.25) is 0 Å². The summed E-state index contributed by atoms with van der Waals surface area (Å²) < 4.78 is 27.4. The van der Waals surface area contributed by atoms with E-state index in [0.717, 1.165) is 0 Å². The summed E-state index contributed by atoms with van der Waals surface area (Å²) in [4.78, 5) is 27.2. The average Bonchev–Trinajstić information content (AvgIpc) is 2.82. The van der Waals surface area contributed by atoms with Gasteiger partial charge in [0.15, 0.2) is 0 Å². The number of benzene rings is 1. The molecule has 2 aromatic rings. The fourth-order valence-electron chi connectivity index (χ4n) is 2.42. The lowest BCUT2D eigenvalue weighted by molar-refractivity contribution is 0.0519. The molecular formula is C16H19N3O5S. The van der Waals surface area contributed by atoms with Crippen molar-refractivity contribution < 1.29 is 22.7 Å². The molecule has 0 aliphatic carbocycles. The van der Waals surface area contributed by atoms with Crippen LogP contribution >= 0.6 is 0 Å². The van der Waals surface area contributed by atoms with Crippen molar-refractivity contribution in [1.29, 1.82) is 0 Å². The number of sulfonamides is 1. The van der Waals surface area contributed by atoms with Crippen LogP contribution in [0.15, 0.2) is 29.2 Å². The highest BCUT2D eigenvalue weighted by Crippen LogP contribution is 2.21. The lowest BCUT2D eigenvalue weighted by atomic mass is 10.1. The van der Waals surface area contributed by atoms with E-state index in [0.29, 0.717) is 22.5 Å². The van der Waals surface area contributed by atoms with E-state index in [2.05, 4.69) is 10.3 Å². The first kappa shape index (κ1) is 18.7. The molecule has 0 bridgehead atoms. The van der Waals surface area contributed by atoms with Gasteiger partial charge in [-0.25, -0.2) is 18.4 Å². The quantitative estimate of drug-likeness (QED) is 0.694. The summed E-state index contributed by atoms with van der Waals surface area (Å²) in [5.74, 6) is -0.954. The molecular weight excluding hydrogens is 346 g/mol. The number of aryl methyl sites for hydroxylation is 1. The maximum Gasteiger partial charge on any atom is 0.355 e. The lowest BCUT2D eigenvalue weighted by Gasteiger charge is -2.07. The molecule has 0 aliphatic rings. The Morgan fingerprint density at radius 1 is 1.20 bits per heavy atom. The van der Waals surface area contributed by atoms with E-state index >= 15 is 0 Å². The number of amides is 1. The molecule has 25 heavy (non-hydrogen) atoms. The summed E-state index contributed by atoms with van der Waals surface area (Å²) in [6, 6.07) is 5.46. The molecule has 8 nitrogen and oxygen atoms in total. The normalized spacial score (nSPS) is 11.2. The largest absolute Gasteiger partial charge is 0.461 e. The number of rotatable bonds is 5. The summed E-state index contributed by atoms with van der Waals surface area (Å²) in [5, 5.41) is 7.69. The molecule has 1 aromatic heterocycles. The molecule has 0 spiro atoms. The third-order valence-corrected chi connectivity index (χ3v) is 4.51. The molecule has 0 atom stereocenters. The molecule has 9 heteroatoms. The molecule has 1 amide bonds. The first-order valence-electron chi connectivity index (χ1n) is 7.45. The highest BCUT2D eigenvalue weighted by Gasteiger charge is 2.22. The minimum atomic E-state index is -3.79. The zero-order valence-corrected chi connectivity index (χ0v) is 14.9. The van der Waals surface area contributed by atoms with Gasteiger partial charge in [-0.05, 0) is 50.6 Å². The Labute approximate surface area is 145 Å². The molecule has 2 rings (SSSR count). The van der Waals surface area contributed by atoms with Gasteiger partial charge in [0, 0.05) is 11.4 Å². The predicted molar refractivity (Wildman–Crippen MR) is 92.0 cm³/mol. The number of hydrogen-bond acceptors (Lipinski definition) is 5. The third kappa shape index (κ3) is 4.06.